The maximum Gasteiger partial charge on any atom is 0.124 e. The van der Waals surface area contributed by atoms with Crippen LogP contribution in [-0.4, -0.2) is 25.9 Å². The van der Waals surface area contributed by atoms with Crippen LogP contribution in [0.3, 0.4) is 0 Å². The fourth-order valence-corrected chi connectivity index (χ4v) is 2.48. The molecule has 0 saturated carbocycles. The number of hydrogen-bond acceptors (Lipinski definition) is 3. The third kappa shape index (κ3) is 3.71. The summed E-state index contributed by atoms with van der Waals surface area (Å²) in [6, 6.07) is 6.64. The van der Waals surface area contributed by atoms with Gasteiger partial charge in [0.05, 0.1) is 12.2 Å². The van der Waals surface area contributed by atoms with Gasteiger partial charge in [-0.15, -0.1) is 0 Å². The average molecular weight is 263 g/mol. The molecule has 0 radical (unpaired) electrons. The first-order chi connectivity index (χ1) is 9.10. The number of ether oxygens (including phenoxy) is 2. The first kappa shape index (κ1) is 14.4. The van der Waals surface area contributed by atoms with Gasteiger partial charge in [-0.25, -0.2) is 0 Å². The number of rotatable bonds is 5. The standard InChI is InChI=1S/C16H25NO2/c1-11-5-8-16(15(9-11)13(3)17-4)18-10-14-7-6-12(2)19-14/h5,8-9,12-14,17H,6-7,10H2,1-4H3. The molecule has 1 aliphatic heterocycles. The molecule has 0 amide bonds. The lowest BCUT2D eigenvalue weighted by Crippen LogP contribution is -2.20. The highest BCUT2D eigenvalue weighted by molar-refractivity contribution is 5.39. The molecular weight excluding hydrogens is 238 g/mol. The van der Waals surface area contributed by atoms with Crippen LogP contribution in [0, 0.1) is 6.92 Å². The van der Waals surface area contributed by atoms with Crippen molar-refractivity contribution in [2.45, 2.75) is 51.9 Å². The van der Waals surface area contributed by atoms with Crippen LogP contribution in [0.25, 0.3) is 0 Å². The maximum atomic E-state index is 5.98. The molecule has 3 nitrogen and oxygen atoms in total. The Morgan fingerprint density at radius 3 is 2.84 bits per heavy atom. The van der Waals surface area contributed by atoms with E-state index in [4.69, 9.17) is 9.47 Å². The Hall–Kier alpha value is -1.06. The highest BCUT2D eigenvalue weighted by atomic mass is 16.5. The summed E-state index contributed by atoms with van der Waals surface area (Å²) in [7, 11) is 1.97. The fourth-order valence-electron chi connectivity index (χ4n) is 2.48. The molecule has 1 aliphatic rings. The molecule has 3 unspecified atom stereocenters. The van der Waals surface area contributed by atoms with Crippen LogP contribution in [0.5, 0.6) is 5.75 Å². The molecule has 0 spiro atoms. The second-order valence-electron chi connectivity index (χ2n) is 5.51. The van der Waals surface area contributed by atoms with Gasteiger partial charge in [0.1, 0.15) is 12.4 Å². The summed E-state index contributed by atoms with van der Waals surface area (Å²) in [4.78, 5) is 0. The molecule has 0 aromatic heterocycles. The van der Waals surface area contributed by atoms with E-state index in [-0.39, 0.29) is 6.10 Å². The van der Waals surface area contributed by atoms with Crippen molar-refractivity contribution in [2.24, 2.45) is 0 Å². The molecule has 1 saturated heterocycles. The number of aryl methyl sites for hydroxylation is 1. The summed E-state index contributed by atoms with van der Waals surface area (Å²) in [5.41, 5.74) is 2.48. The second-order valence-corrected chi connectivity index (χ2v) is 5.51. The zero-order valence-electron chi connectivity index (χ0n) is 12.4. The fraction of sp³-hybridized carbons (Fsp3) is 0.625. The van der Waals surface area contributed by atoms with E-state index in [1.54, 1.807) is 0 Å². The van der Waals surface area contributed by atoms with Crippen LogP contribution in [-0.2, 0) is 4.74 Å². The maximum absolute atomic E-state index is 5.98. The molecule has 1 heterocycles. The molecule has 1 N–H and O–H groups in total. The van der Waals surface area contributed by atoms with E-state index in [0.29, 0.717) is 18.8 Å². The molecule has 2 rings (SSSR count). The quantitative estimate of drug-likeness (QED) is 0.884. The number of hydrogen-bond donors (Lipinski definition) is 1. The topological polar surface area (TPSA) is 30.5 Å². The van der Waals surface area contributed by atoms with Gasteiger partial charge in [-0.05, 0) is 46.7 Å². The third-order valence-corrected chi connectivity index (χ3v) is 3.81. The Kier molecular flexibility index (Phi) is 4.83. The summed E-state index contributed by atoms with van der Waals surface area (Å²) in [6.07, 6.45) is 2.86. The molecule has 1 aromatic rings. The Morgan fingerprint density at radius 1 is 1.42 bits per heavy atom. The Bertz CT molecular complexity index is 419. The minimum Gasteiger partial charge on any atom is -0.491 e. The zero-order chi connectivity index (χ0) is 13.8. The van der Waals surface area contributed by atoms with Gasteiger partial charge in [0.2, 0.25) is 0 Å². The summed E-state index contributed by atoms with van der Waals surface area (Å²) < 4.78 is 11.8. The third-order valence-electron chi connectivity index (χ3n) is 3.81. The molecule has 1 aromatic carbocycles. The molecule has 0 aliphatic carbocycles. The minimum absolute atomic E-state index is 0.244. The van der Waals surface area contributed by atoms with Crippen molar-refractivity contribution in [2.75, 3.05) is 13.7 Å². The largest absolute Gasteiger partial charge is 0.491 e. The predicted molar refractivity (Wildman–Crippen MR) is 77.7 cm³/mol. The van der Waals surface area contributed by atoms with Crippen LogP contribution in [0.4, 0.5) is 0 Å². The predicted octanol–water partition coefficient (Wildman–Crippen LogP) is 3.22. The van der Waals surface area contributed by atoms with Crippen LogP contribution in [0.1, 0.15) is 43.9 Å². The molecular formula is C16H25NO2. The van der Waals surface area contributed by atoms with Crippen molar-refractivity contribution < 1.29 is 9.47 Å². The van der Waals surface area contributed by atoms with Crippen LogP contribution in [0.2, 0.25) is 0 Å². The Morgan fingerprint density at radius 2 is 2.21 bits per heavy atom. The zero-order valence-corrected chi connectivity index (χ0v) is 12.4. The molecule has 106 valence electrons. The van der Waals surface area contributed by atoms with Crippen LogP contribution < -0.4 is 10.1 Å². The van der Waals surface area contributed by atoms with Gasteiger partial charge in [0.25, 0.3) is 0 Å². The van der Waals surface area contributed by atoms with Gasteiger partial charge in [0, 0.05) is 11.6 Å². The van der Waals surface area contributed by atoms with Gasteiger partial charge < -0.3 is 14.8 Å². The van der Waals surface area contributed by atoms with Crippen LogP contribution >= 0.6 is 0 Å². The summed E-state index contributed by atoms with van der Waals surface area (Å²) >= 11 is 0. The molecule has 3 atom stereocenters. The van der Waals surface area contributed by atoms with E-state index in [0.717, 1.165) is 18.6 Å². The minimum atomic E-state index is 0.244. The number of nitrogens with one attached hydrogen (secondary N) is 1. The van der Waals surface area contributed by atoms with Crippen molar-refractivity contribution in [1.82, 2.24) is 5.32 Å². The van der Waals surface area contributed by atoms with Crippen molar-refractivity contribution in [3.63, 3.8) is 0 Å². The summed E-state index contributed by atoms with van der Waals surface area (Å²) in [5, 5.41) is 3.27. The SMILES string of the molecule is CNC(C)c1cc(C)ccc1OCC1CCC(C)O1. The lowest BCUT2D eigenvalue weighted by molar-refractivity contribution is 0.0261. The van der Waals surface area contributed by atoms with Crippen molar-refractivity contribution in [3.05, 3.63) is 29.3 Å². The second kappa shape index (κ2) is 6.40. The molecule has 3 heteroatoms. The van der Waals surface area contributed by atoms with E-state index in [2.05, 4.69) is 44.3 Å². The number of benzene rings is 1. The highest BCUT2D eigenvalue weighted by Gasteiger charge is 2.22. The summed E-state index contributed by atoms with van der Waals surface area (Å²) in [5.74, 6) is 0.968. The summed E-state index contributed by atoms with van der Waals surface area (Å²) in [6.45, 7) is 7.03. The van der Waals surface area contributed by atoms with Gasteiger partial charge in [0.15, 0.2) is 0 Å². The van der Waals surface area contributed by atoms with E-state index in [1.165, 1.54) is 11.1 Å². The van der Waals surface area contributed by atoms with Gasteiger partial charge in [-0.1, -0.05) is 17.7 Å². The van der Waals surface area contributed by atoms with E-state index in [9.17, 15) is 0 Å². The van der Waals surface area contributed by atoms with Crippen molar-refractivity contribution in [3.8, 4) is 5.75 Å². The molecule has 0 bridgehead atoms. The lowest BCUT2D eigenvalue weighted by atomic mass is 10.0. The van der Waals surface area contributed by atoms with Gasteiger partial charge >= 0.3 is 0 Å². The average Bonchev–Trinajstić information content (AvgIpc) is 2.82. The van der Waals surface area contributed by atoms with Crippen LogP contribution in [0.15, 0.2) is 18.2 Å². The van der Waals surface area contributed by atoms with E-state index in [1.807, 2.05) is 7.05 Å². The Balaban J connectivity index is 2.02. The first-order valence-electron chi connectivity index (χ1n) is 7.16. The Labute approximate surface area is 116 Å². The van der Waals surface area contributed by atoms with E-state index < -0.39 is 0 Å². The van der Waals surface area contributed by atoms with Gasteiger partial charge in [-0.2, -0.15) is 0 Å². The monoisotopic (exact) mass is 263 g/mol. The van der Waals surface area contributed by atoms with Crippen molar-refractivity contribution in [1.29, 1.82) is 0 Å². The smallest absolute Gasteiger partial charge is 0.124 e. The molecule has 1 fully saturated rings. The van der Waals surface area contributed by atoms with Gasteiger partial charge in [-0.3, -0.25) is 0 Å². The molecule has 19 heavy (non-hydrogen) atoms. The van der Waals surface area contributed by atoms with E-state index >= 15 is 0 Å². The normalized spacial score (nSPS) is 24.4. The lowest BCUT2D eigenvalue weighted by Gasteiger charge is -2.19. The first-order valence-corrected chi connectivity index (χ1v) is 7.16. The van der Waals surface area contributed by atoms with Crippen molar-refractivity contribution >= 4 is 0 Å². The highest BCUT2D eigenvalue weighted by Crippen LogP contribution is 2.27.